The van der Waals surface area contributed by atoms with Crippen LogP contribution in [0.3, 0.4) is 0 Å². The Morgan fingerprint density at radius 2 is 1.85 bits per heavy atom. The lowest BCUT2D eigenvalue weighted by atomic mass is 9.75. The van der Waals surface area contributed by atoms with Gasteiger partial charge in [0.05, 0.1) is 18.9 Å². The van der Waals surface area contributed by atoms with Gasteiger partial charge in [0.15, 0.2) is 5.65 Å². The summed E-state index contributed by atoms with van der Waals surface area (Å²) in [4.78, 5) is 8.23. The van der Waals surface area contributed by atoms with Gasteiger partial charge >= 0.3 is 0 Å². The van der Waals surface area contributed by atoms with Gasteiger partial charge in [0.1, 0.15) is 6.33 Å². The van der Waals surface area contributed by atoms with Gasteiger partial charge in [-0.15, -0.1) is 0 Å². The summed E-state index contributed by atoms with van der Waals surface area (Å²) < 4.78 is 7.30. The van der Waals surface area contributed by atoms with Crippen molar-refractivity contribution in [1.29, 1.82) is 0 Å². The molecule has 1 aliphatic carbocycles. The quantitative estimate of drug-likeness (QED) is 0.354. The summed E-state index contributed by atoms with van der Waals surface area (Å²) in [6, 6.07) is 7.18. The van der Waals surface area contributed by atoms with Crippen molar-refractivity contribution in [3.63, 3.8) is 0 Å². The zero-order chi connectivity index (χ0) is 23.4. The van der Waals surface area contributed by atoms with Crippen molar-refractivity contribution < 1.29 is 4.74 Å². The first-order chi connectivity index (χ1) is 16.5. The minimum atomic E-state index is 0.422. The highest BCUT2D eigenvalue weighted by atomic mass is 16.5. The van der Waals surface area contributed by atoms with Gasteiger partial charge in [0, 0.05) is 28.6 Å². The van der Waals surface area contributed by atoms with Crippen LogP contribution in [0.5, 0.6) is 0 Å². The maximum atomic E-state index is 5.39. The number of ether oxygens (including phenoxy) is 1. The molecule has 34 heavy (non-hydrogen) atoms. The number of benzene rings is 1. The summed E-state index contributed by atoms with van der Waals surface area (Å²) >= 11 is 0. The largest absolute Gasteiger partial charge is 0.381 e. The van der Waals surface area contributed by atoms with Crippen molar-refractivity contribution in [2.45, 2.75) is 71.6 Å². The summed E-state index contributed by atoms with van der Waals surface area (Å²) in [5.74, 6) is 2.84. The van der Waals surface area contributed by atoms with E-state index in [0.717, 1.165) is 30.7 Å². The third-order valence-electron chi connectivity index (χ3n) is 8.53. The van der Waals surface area contributed by atoms with Gasteiger partial charge in [-0.05, 0) is 98.1 Å². The average Bonchev–Trinajstić information content (AvgIpc) is 3.43. The molecule has 1 N–H and O–H groups in total. The third-order valence-corrected chi connectivity index (χ3v) is 8.53. The summed E-state index contributed by atoms with van der Waals surface area (Å²) in [6.45, 7) is 11.0. The second-order valence-electron chi connectivity index (χ2n) is 11.1. The Morgan fingerprint density at radius 3 is 2.56 bits per heavy atom. The predicted octanol–water partition coefficient (Wildman–Crippen LogP) is 6.93. The minimum Gasteiger partial charge on any atom is -0.381 e. The SMILES string of the molecule is Cc1c(-c2[nH]c3ccc(C4CCC(CC5COC5)CC4)cc3c2C(C)C)cn2ncnc2c1C. The monoisotopic (exact) mass is 456 g/mol. The van der Waals surface area contributed by atoms with E-state index in [1.807, 2.05) is 4.52 Å². The number of aromatic amines is 1. The highest BCUT2D eigenvalue weighted by molar-refractivity contribution is 5.92. The normalized spacial score (nSPS) is 21.6. The summed E-state index contributed by atoms with van der Waals surface area (Å²) in [5.41, 5.74) is 10.0. The molecule has 0 bridgehead atoms. The van der Waals surface area contributed by atoms with Crippen LogP contribution in [0.25, 0.3) is 27.8 Å². The number of nitrogens with one attached hydrogen (secondary N) is 1. The van der Waals surface area contributed by atoms with Gasteiger partial charge in [-0.1, -0.05) is 19.9 Å². The zero-order valence-corrected chi connectivity index (χ0v) is 20.9. The van der Waals surface area contributed by atoms with E-state index in [0.29, 0.717) is 11.8 Å². The molecule has 2 fully saturated rings. The van der Waals surface area contributed by atoms with Gasteiger partial charge in [-0.25, -0.2) is 9.50 Å². The fourth-order valence-corrected chi connectivity index (χ4v) is 6.37. The number of fused-ring (bicyclic) bond motifs is 2. The molecule has 1 aromatic carbocycles. The van der Waals surface area contributed by atoms with E-state index in [-0.39, 0.29) is 0 Å². The van der Waals surface area contributed by atoms with Crippen molar-refractivity contribution in [3.05, 3.63) is 53.0 Å². The molecule has 0 amide bonds. The van der Waals surface area contributed by atoms with Crippen LogP contribution in [0.4, 0.5) is 0 Å². The number of H-pyrrole nitrogens is 1. The van der Waals surface area contributed by atoms with E-state index in [1.165, 1.54) is 76.5 Å². The van der Waals surface area contributed by atoms with Crippen molar-refractivity contribution in [2.24, 2.45) is 11.8 Å². The molecule has 0 unspecified atom stereocenters. The molecule has 178 valence electrons. The second-order valence-corrected chi connectivity index (χ2v) is 11.1. The summed E-state index contributed by atoms with van der Waals surface area (Å²) in [6.07, 6.45) is 10.5. The molecule has 3 aromatic heterocycles. The van der Waals surface area contributed by atoms with E-state index in [4.69, 9.17) is 4.74 Å². The summed E-state index contributed by atoms with van der Waals surface area (Å²) in [7, 11) is 0. The number of hydrogen-bond donors (Lipinski definition) is 1. The minimum absolute atomic E-state index is 0.422. The van der Waals surface area contributed by atoms with Gasteiger partial charge in [-0.2, -0.15) is 5.10 Å². The molecule has 0 atom stereocenters. The molecule has 5 heteroatoms. The van der Waals surface area contributed by atoms with Crippen molar-refractivity contribution in [3.8, 4) is 11.3 Å². The van der Waals surface area contributed by atoms with Crippen LogP contribution in [-0.2, 0) is 4.74 Å². The fraction of sp³-hybridized carbons (Fsp3) is 0.517. The van der Waals surface area contributed by atoms with Crippen LogP contribution in [0.1, 0.15) is 80.0 Å². The van der Waals surface area contributed by atoms with Gasteiger partial charge < -0.3 is 9.72 Å². The van der Waals surface area contributed by atoms with Crippen LogP contribution in [0, 0.1) is 25.7 Å². The Kier molecular flexibility index (Phi) is 5.48. The lowest BCUT2D eigenvalue weighted by molar-refractivity contribution is -0.0448. The number of nitrogens with zero attached hydrogens (tertiary/aromatic N) is 3. The topological polar surface area (TPSA) is 55.2 Å². The maximum Gasteiger partial charge on any atom is 0.158 e. The Balaban J connectivity index is 1.35. The van der Waals surface area contributed by atoms with Gasteiger partial charge in [0.25, 0.3) is 0 Å². The molecule has 2 aliphatic rings. The molecule has 0 radical (unpaired) electrons. The lowest BCUT2D eigenvalue weighted by Crippen LogP contribution is -2.30. The van der Waals surface area contributed by atoms with Gasteiger partial charge in [-0.3, -0.25) is 0 Å². The molecular formula is C29H36N4O. The van der Waals surface area contributed by atoms with Crippen LogP contribution in [-0.4, -0.2) is 32.8 Å². The smallest absolute Gasteiger partial charge is 0.158 e. The Morgan fingerprint density at radius 1 is 1.06 bits per heavy atom. The first-order valence-corrected chi connectivity index (χ1v) is 13.0. The molecular weight excluding hydrogens is 420 g/mol. The van der Waals surface area contributed by atoms with Crippen LogP contribution in [0.2, 0.25) is 0 Å². The highest BCUT2D eigenvalue weighted by Crippen LogP contribution is 2.42. The van der Waals surface area contributed by atoms with Gasteiger partial charge in [0.2, 0.25) is 0 Å². The molecule has 1 aliphatic heterocycles. The summed E-state index contributed by atoms with van der Waals surface area (Å²) in [5, 5.41) is 5.81. The molecule has 6 rings (SSSR count). The number of hydrogen-bond acceptors (Lipinski definition) is 3. The Labute approximate surface area is 201 Å². The Bertz CT molecular complexity index is 1340. The van der Waals surface area contributed by atoms with Crippen LogP contribution in [0.15, 0.2) is 30.7 Å². The van der Waals surface area contributed by atoms with E-state index < -0.39 is 0 Å². The molecule has 4 aromatic rings. The standard InChI is InChI=1S/C29H36N4O/c1-17(2)27-24-12-23(22-7-5-20(6-8-22)11-21-14-34-15-21)9-10-26(24)32-28(27)25-13-33-29(30-16-31-33)19(4)18(25)3/h9-10,12-13,16-17,20-22,32H,5-8,11,14-15H2,1-4H3. The predicted molar refractivity (Wildman–Crippen MR) is 137 cm³/mol. The molecule has 4 heterocycles. The van der Waals surface area contributed by atoms with E-state index >= 15 is 0 Å². The number of pyridine rings is 1. The fourth-order valence-electron chi connectivity index (χ4n) is 6.37. The van der Waals surface area contributed by atoms with Crippen molar-refractivity contribution >= 4 is 16.6 Å². The van der Waals surface area contributed by atoms with Crippen LogP contribution >= 0.6 is 0 Å². The maximum absolute atomic E-state index is 5.39. The Hall–Kier alpha value is -2.66. The first kappa shape index (κ1) is 21.8. The number of rotatable bonds is 5. The first-order valence-electron chi connectivity index (χ1n) is 13.0. The van der Waals surface area contributed by atoms with Crippen molar-refractivity contribution in [2.75, 3.05) is 13.2 Å². The lowest BCUT2D eigenvalue weighted by Gasteiger charge is -2.34. The average molecular weight is 457 g/mol. The highest BCUT2D eigenvalue weighted by Gasteiger charge is 2.28. The second kappa shape index (κ2) is 8.53. The third kappa shape index (κ3) is 3.65. The molecule has 5 nitrogen and oxygen atoms in total. The molecule has 1 saturated carbocycles. The molecule has 1 saturated heterocycles. The van der Waals surface area contributed by atoms with E-state index in [9.17, 15) is 0 Å². The van der Waals surface area contributed by atoms with Crippen LogP contribution < -0.4 is 0 Å². The van der Waals surface area contributed by atoms with Crippen molar-refractivity contribution in [1.82, 2.24) is 19.6 Å². The zero-order valence-electron chi connectivity index (χ0n) is 20.9. The number of aromatic nitrogens is 4. The number of aryl methyl sites for hydroxylation is 1. The van der Waals surface area contributed by atoms with E-state index in [2.05, 4.69) is 67.2 Å². The van der Waals surface area contributed by atoms with E-state index in [1.54, 1.807) is 6.33 Å². The molecule has 0 spiro atoms.